The molecule has 0 radical (unpaired) electrons. The summed E-state index contributed by atoms with van der Waals surface area (Å²) in [6.07, 6.45) is 1.71. The smallest absolute Gasteiger partial charge is 0.271 e. The second kappa shape index (κ2) is 3.38. The lowest BCUT2D eigenvalue weighted by molar-refractivity contribution is -0.383. The van der Waals surface area contributed by atoms with E-state index < -0.39 is 4.92 Å². The number of nitrogens with one attached hydrogen (secondary N) is 1. The maximum Gasteiger partial charge on any atom is 0.294 e. The van der Waals surface area contributed by atoms with Crippen LogP contribution in [0.1, 0.15) is 5.56 Å². The summed E-state index contributed by atoms with van der Waals surface area (Å²) in [5, 5.41) is 26.2. The van der Waals surface area contributed by atoms with Crippen LogP contribution in [0.5, 0.6) is 0 Å². The first-order valence-electron chi connectivity index (χ1n) is 4.20. The Hall–Kier alpha value is -2.42. The highest BCUT2D eigenvalue weighted by molar-refractivity contribution is 5.89. The number of fused-ring (bicyclic) bond motifs is 1. The van der Waals surface area contributed by atoms with Crippen LogP contribution in [0.3, 0.4) is 0 Å². The van der Waals surface area contributed by atoms with Crippen LogP contribution in [0.2, 0.25) is 0 Å². The summed E-state index contributed by atoms with van der Waals surface area (Å²) in [5.41, 5.74) is 1.09. The molecule has 1 heterocycles. The Morgan fingerprint density at radius 1 is 1.60 bits per heavy atom. The van der Waals surface area contributed by atoms with Crippen LogP contribution in [0.15, 0.2) is 18.3 Å². The summed E-state index contributed by atoms with van der Waals surface area (Å²) >= 11 is 0. The number of nitro benzene ring substituents is 1. The average Bonchev–Trinajstić information content (AvgIpc) is 2.66. The summed E-state index contributed by atoms with van der Waals surface area (Å²) in [4.78, 5) is 10.2. The fourth-order valence-electron chi connectivity index (χ4n) is 1.47. The molecule has 1 aromatic heterocycles. The molecule has 0 aliphatic carbocycles. The zero-order valence-electron chi connectivity index (χ0n) is 7.60. The van der Waals surface area contributed by atoms with E-state index >= 15 is 0 Å². The minimum Gasteiger partial charge on any atom is -0.271 e. The zero-order chi connectivity index (χ0) is 10.8. The molecule has 0 amide bonds. The van der Waals surface area contributed by atoms with E-state index in [4.69, 9.17) is 5.26 Å². The first kappa shape index (κ1) is 9.15. The molecule has 0 saturated heterocycles. The SMILES string of the molecule is N#CCc1ccc([N+](=O)[O-])c2[nH]ncc12. The van der Waals surface area contributed by atoms with Gasteiger partial charge >= 0.3 is 0 Å². The second-order valence-corrected chi connectivity index (χ2v) is 2.99. The van der Waals surface area contributed by atoms with Gasteiger partial charge in [0, 0.05) is 11.5 Å². The number of non-ortho nitro benzene ring substituents is 1. The number of H-pyrrole nitrogens is 1. The van der Waals surface area contributed by atoms with E-state index in [-0.39, 0.29) is 12.1 Å². The molecule has 1 N–H and O–H groups in total. The third kappa shape index (κ3) is 1.40. The lowest BCUT2D eigenvalue weighted by Gasteiger charge is -1.97. The number of rotatable bonds is 2. The molecule has 2 rings (SSSR count). The van der Waals surface area contributed by atoms with Gasteiger partial charge in [-0.2, -0.15) is 10.4 Å². The van der Waals surface area contributed by atoms with Gasteiger partial charge in [0.25, 0.3) is 5.69 Å². The van der Waals surface area contributed by atoms with Crippen molar-refractivity contribution < 1.29 is 4.92 Å². The molecular formula is C9H6N4O2. The number of benzene rings is 1. The first-order chi connectivity index (χ1) is 7.24. The van der Waals surface area contributed by atoms with E-state index in [1.807, 2.05) is 6.07 Å². The molecule has 15 heavy (non-hydrogen) atoms. The summed E-state index contributed by atoms with van der Waals surface area (Å²) in [7, 11) is 0. The molecule has 0 aliphatic rings. The standard InChI is InChI=1S/C9H6N4O2/c10-4-3-6-1-2-8(13(14)15)9-7(6)5-11-12-9/h1-2,5H,3H2,(H,11,12). The van der Waals surface area contributed by atoms with E-state index in [0.717, 1.165) is 5.56 Å². The van der Waals surface area contributed by atoms with Gasteiger partial charge in [0.2, 0.25) is 0 Å². The van der Waals surface area contributed by atoms with Crippen molar-refractivity contribution in [1.82, 2.24) is 10.2 Å². The maximum atomic E-state index is 10.7. The number of nitriles is 1. The van der Waals surface area contributed by atoms with Crippen LogP contribution in [0.25, 0.3) is 10.9 Å². The molecule has 0 spiro atoms. The third-order valence-corrected chi connectivity index (χ3v) is 2.15. The number of hydrogen-bond acceptors (Lipinski definition) is 4. The molecule has 0 fully saturated rings. The molecule has 0 unspecified atom stereocenters. The Morgan fingerprint density at radius 3 is 3.07 bits per heavy atom. The lowest BCUT2D eigenvalue weighted by Crippen LogP contribution is -1.91. The summed E-state index contributed by atoms with van der Waals surface area (Å²) in [6, 6.07) is 4.97. The van der Waals surface area contributed by atoms with Gasteiger partial charge in [-0.05, 0) is 5.56 Å². The fourth-order valence-corrected chi connectivity index (χ4v) is 1.47. The quantitative estimate of drug-likeness (QED) is 0.590. The Morgan fingerprint density at radius 2 is 2.40 bits per heavy atom. The Balaban J connectivity index is 2.72. The Kier molecular flexibility index (Phi) is 2.06. The van der Waals surface area contributed by atoms with Crippen molar-refractivity contribution in [2.45, 2.75) is 6.42 Å². The second-order valence-electron chi connectivity index (χ2n) is 2.99. The van der Waals surface area contributed by atoms with Gasteiger partial charge in [-0.3, -0.25) is 15.2 Å². The van der Waals surface area contributed by atoms with E-state index in [0.29, 0.717) is 10.9 Å². The number of hydrogen-bond donors (Lipinski definition) is 1. The van der Waals surface area contributed by atoms with Crippen molar-refractivity contribution in [3.8, 4) is 6.07 Å². The van der Waals surface area contributed by atoms with Crippen molar-refractivity contribution in [2.75, 3.05) is 0 Å². The fraction of sp³-hybridized carbons (Fsp3) is 0.111. The molecular weight excluding hydrogens is 196 g/mol. The maximum absolute atomic E-state index is 10.7. The van der Waals surface area contributed by atoms with Gasteiger partial charge in [0.05, 0.1) is 23.6 Å². The molecule has 1 aromatic carbocycles. The molecule has 0 bridgehead atoms. The first-order valence-corrected chi connectivity index (χ1v) is 4.20. The van der Waals surface area contributed by atoms with Crippen molar-refractivity contribution in [3.05, 3.63) is 34.0 Å². The number of nitrogens with zero attached hydrogens (tertiary/aromatic N) is 3. The van der Waals surface area contributed by atoms with Crippen LogP contribution in [-0.2, 0) is 6.42 Å². The van der Waals surface area contributed by atoms with Crippen LogP contribution in [0.4, 0.5) is 5.69 Å². The molecule has 0 atom stereocenters. The summed E-state index contributed by atoms with van der Waals surface area (Å²) < 4.78 is 0. The predicted octanol–water partition coefficient (Wildman–Crippen LogP) is 1.54. The van der Waals surface area contributed by atoms with E-state index in [2.05, 4.69) is 10.2 Å². The minimum absolute atomic E-state index is 0.0239. The van der Waals surface area contributed by atoms with Crippen LogP contribution >= 0.6 is 0 Å². The molecule has 74 valence electrons. The highest BCUT2D eigenvalue weighted by Gasteiger charge is 2.15. The molecule has 2 aromatic rings. The number of nitro groups is 1. The summed E-state index contributed by atoms with van der Waals surface area (Å²) in [5.74, 6) is 0. The van der Waals surface area contributed by atoms with Gasteiger partial charge in [0.1, 0.15) is 5.52 Å². The monoisotopic (exact) mass is 202 g/mol. The van der Waals surface area contributed by atoms with Crippen LogP contribution in [-0.4, -0.2) is 15.1 Å². The number of aromatic nitrogens is 2. The van der Waals surface area contributed by atoms with Crippen molar-refractivity contribution in [1.29, 1.82) is 5.26 Å². The molecule has 0 aliphatic heterocycles. The highest BCUT2D eigenvalue weighted by atomic mass is 16.6. The van der Waals surface area contributed by atoms with Gasteiger partial charge in [-0.15, -0.1) is 0 Å². The lowest BCUT2D eigenvalue weighted by atomic mass is 10.1. The predicted molar refractivity (Wildman–Crippen MR) is 52.1 cm³/mol. The minimum atomic E-state index is -0.476. The Bertz CT molecular complexity index is 567. The van der Waals surface area contributed by atoms with Crippen molar-refractivity contribution in [2.24, 2.45) is 0 Å². The van der Waals surface area contributed by atoms with Crippen molar-refractivity contribution >= 4 is 16.6 Å². The highest BCUT2D eigenvalue weighted by Crippen LogP contribution is 2.26. The topological polar surface area (TPSA) is 95.6 Å². The average molecular weight is 202 g/mol. The van der Waals surface area contributed by atoms with Crippen LogP contribution in [0, 0.1) is 21.4 Å². The normalized spacial score (nSPS) is 10.1. The third-order valence-electron chi connectivity index (χ3n) is 2.15. The Labute approximate surface area is 84.3 Å². The van der Waals surface area contributed by atoms with E-state index in [1.54, 1.807) is 6.07 Å². The molecule has 6 nitrogen and oxygen atoms in total. The van der Waals surface area contributed by atoms with Gasteiger partial charge in [-0.25, -0.2) is 0 Å². The largest absolute Gasteiger partial charge is 0.294 e. The van der Waals surface area contributed by atoms with E-state index in [9.17, 15) is 10.1 Å². The number of aromatic amines is 1. The summed E-state index contributed by atoms with van der Waals surface area (Å²) in [6.45, 7) is 0. The molecule has 6 heteroatoms. The van der Waals surface area contributed by atoms with E-state index in [1.165, 1.54) is 12.3 Å². The zero-order valence-corrected chi connectivity index (χ0v) is 7.60. The van der Waals surface area contributed by atoms with Gasteiger partial charge in [0.15, 0.2) is 0 Å². The molecule has 0 saturated carbocycles. The van der Waals surface area contributed by atoms with Crippen molar-refractivity contribution in [3.63, 3.8) is 0 Å². The van der Waals surface area contributed by atoms with Crippen LogP contribution < -0.4 is 0 Å². The van der Waals surface area contributed by atoms with Gasteiger partial charge < -0.3 is 0 Å². The van der Waals surface area contributed by atoms with Gasteiger partial charge in [-0.1, -0.05) is 6.07 Å².